The van der Waals surface area contributed by atoms with Gasteiger partial charge in [-0.1, -0.05) is 86.1 Å². The van der Waals surface area contributed by atoms with Crippen molar-refractivity contribution in [2.24, 2.45) is 0 Å². The van der Waals surface area contributed by atoms with Crippen LogP contribution in [-0.2, 0) is 5.41 Å². The molecule has 0 spiro atoms. The molecule has 3 rings (SSSR count). The predicted molar refractivity (Wildman–Crippen MR) is 164 cm³/mol. The Labute approximate surface area is 229 Å². The Morgan fingerprint density at radius 2 is 0.919 bits per heavy atom. The maximum Gasteiger partial charge on any atom is 0.0215 e. The quantitative estimate of drug-likeness (QED) is 0.250. The summed E-state index contributed by atoms with van der Waals surface area (Å²) in [6.07, 6.45) is 13.0. The molecule has 0 aliphatic heterocycles. The van der Waals surface area contributed by atoms with Gasteiger partial charge < -0.3 is 10.6 Å². The molecule has 0 bridgehead atoms. The molecule has 1 aliphatic rings. The zero-order valence-electron chi connectivity index (χ0n) is 25.4. The number of hydrogen-bond donors (Lipinski definition) is 2. The summed E-state index contributed by atoms with van der Waals surface area (Å²) in [4.78, 5) is 0. The summed E-state index contributed by atoms with van der Waals surface area (Å²) >= 11 is 0. The second-order valence-corrected chi connectivity index (χ2v) is 13.9. The van der Waals surface area contributed by atoms with Crippen molar-refractivity contribution in [3.8, 4) is 11.1 Å². The van der Waals surface area contributed by atoms with Crippen molar-refractivity contribution >= 4 is 0 Å². The monoisotopic (exact) mass is 504 g/mol. The SMILES string of the molecule is Cc1ccc2c(c1)C(CCCCCCNC(C)(C)C)(CCCCCCNC(C)(C)C)c1cc(C)ccc1-2. The van der Waals surface area contributed by atoms with Gasteiger partial charge in [-0.3, -0.25) is 0 Å². The second-order valence-electron chi connectivity index (χ2n) is 13.9. The molecule has 2 nitrogen and oxygen atoms in total. The molecule has 37 heavy (non-hydrogen) atoms. The van der Waals surface area contributed by atoms with Crippen LogP contribution in [0.15, 0.2) is 36.4 Å². The first-order valence-corrected chi connectivity index (χ1v) is 15.1. The number of fused-ring (bicyclic) bond motifs is 3. The van der Waals surface area contributed by atoms with Crippen molar-refractivity contribution in [3.05, 3.63) is 58.7 Å². The Bertz CT molecular complexity index is 908. The molecule has 2 heteroatoms. The van der Waals surface area contributed by atoms with Crippen molar-refractivity contribution < 1.29 is 0 Å². The fourth-order valence-electron chi connectivity index (χ4n) is 6.12. The molecule has 0 saturated heterocycles. The average molecular weight is 505 g/mol. The molecule has 0 heterocycles. The average Bonchev–Trinajstić information content (AvgIpc) is 3.05. The van der Waals surface area contributed by atoms with E-state index in [0.717, 1.165) is 13.1 Å². The Morgan fingerprint density at radius 1 is 0.541 bits per heavy atom. The molecule has 1 aliphatic carbocycles. The molecule has 0 saturated carbocycles. The van der Waals surface area contributed by atoms with E-state index in [1.807, 2.05) is 0 Å². The maximum absolute atomic E-state index is 3.65. The van der Waals surface area contributed by atoms with E-state index < -0.39 is 0 Å². The van der Waals surface area contributed by atoms with Crippen LogP contribution < -0.4 is 10.6 Å². The lowest BCUT2D eigenvalue weighted by Crippen LogP contribution is -2.36. The molecule has 0 unspecified atom stereocenters. The van der Waals surface area contributed by atoms with Crippen molar-refractivity contribution in [1.82, 2.24) is 10.6 Å². The predicted octanol–water partition coefficient (Wildman–Crippen LogP) is 9.25. The highest BCUT2D eigenvalue weighted by atomic mass is 14.9. The highest BCUT2D eigenvalue weighted by Gasteiger charge is 2.42. The van der Waals surface area contributed by atoms with Crippen LogP contribution in [0, 0.1) is 13.8 Å². The number of aryl methyl sites for hydroxylation is 2. The summed E-state index contributed by atoms with van der Waals surface area (Å²) < 4.78 is 0. The molecule has 0 fully saturated rings. The van der Waals surface area contributed by atoms with Gasteiger partial charge in [-0.15, -0.1) is 0 Å². The third-order valence-corrected chi connectivity index (χ3v) is 8.04. The highest BCUT2D eigenvalue weighted by Crippen LogP contribution is 2.54. The largest absolute Gasteiger partial charge is 0.312 e. The van der Waals surface area contributed by atoms with E-state index in [9.17, 15) is 0 Å². The van der Waals surface area contributed by atoms with Gasteiger partial charge in [0.2, 0.25) is 0 Å². The van der Waals surface area contributed by atoms with Crippen LogP contribution in [0.2, 0.25) is 0 Å². The standard InChI is InChI=1S/C35H56N2/c1-27-17-19-29-30-20-18-28(2)26-32(30)35(31(29)25-27,21-13-9-11-15-23-36-33(3,4)5)22-14-10-12-16-24-37-34(6,7)8/h17-20,25-26,36-37H,9-16,21-24H2,1-8H3. The number of unbranched alkanes of at least 4 members (excludes halogenated alkanes) is 6. The maximum atomic E-state index is 3.65. The smallest absolute Gasteiger partial charge is 0.0215 e. The number of benzene rings is 2. The van der Waals surface area contributed by atoms with Gasteiger partial charge in [0.05, 0.1) is 0 Å². The van der Waals surface area contributed by atoms with E-state index >= 15 is 0 Å². The summed E-state index contributed by atoms with van der Waals surface area (Å²) in [6.45, 7) is 20.4. The van der Waals surface area contributed by atoms with Gasteiger partial charge in [0.1, 0.15) is 0 Å². The Morgan fingerprint density at radius 3 is 1.30 bits per heavy atom. The van der Waals surface area contributed by atoms with Gasteiger partial charge >= 0.3 is 0 Å². The number of nitrogens with one attached hydrogen (secondary N) is 2. The van der Waals surface area contributed by atoms with Crippen molar-refractivity contribution in [3.63, 3.8) is 0 Å². The van der Waals surface area contributed by atoms with E-state index in [2.05, 4.69) is 102 Å². The minimum Gasteiger partial charge on any atom is -0.312 e. The molecule has 0 aromatic heterocycles. The second kappa shape index (κ2) is 12.9. The highest BCUT2D eigenvalue weighted by molar-refractivity contribution is 5.81. The lowest BCUT2D eigenvalue weighted by molar-refractivity contribution is 0.386. The summed E-state index contributed by atoms with van der Waals surface area (Å²) in [5, 5.41) is 7.30. The van der Waals surface area contributed by atoms with Gasteiger partial charge in [-0.25, -0.2) is 0 Å². The van der Waals surface area contributed by atoms with Crippen molar-refractivity contribution in [2.45, 2.75) is 136 Å². The molecular weight excluding hydrogens is 448 g/mol. The van der Waals surface area contributed by atoms with Crippen LogP contribution in [0.3, 0.4) is 0 Å². The van der Waals surface area contributed by atoms with Crippen molar-refractivity contribution in [2.75, 3.05) is 13.1 Å². The first-order valence-electron chi connectivity index (χ1n) is 15.1. The lowest BCUT2D eigenvalue weighted by Gasteiger charge is -2.33. The van der Waals surface area contributed by atoms with Crippen LogP contribution in [0.1, 0.15) is 128 Å². The van der Waals surface area contributed by atoms with Gasteiger partial charge in [0.25, 0.3) is 0 Å². The van der Waals surface area contributed by atoms with E-state index in [-0.39, 0.29) is 16.5 Å². The molecule has 2 N–H and O–H groups in total. The fraction of sp³-hybridized carbons (Fsp3) is 0.657. The normalized spacial score (nSPS) is 14.6. The summed E-state index contributed by atoms with van der Waals surface area (Å²) in [6, 6.07) is 14.5. The third-order valence-electron chi connectivity index (χ3n) is 8.04. The molecule has 0 radical (unpaired) electrons. The molecule has 2 aromatic carbocycles. The van der Waals surface area contributed by atoms with E-state index in [1.165, 1.54) is 86.5 Å². The lowest BCUT2D eigenvalue weighted by atomic mass is 9.70. The van der Waals surface area contributed by atoms with Gasteiger partial charge in [0, 0.05) is 16.5 Å². The molecule has 206 valence electrons. The fourth-order valence-corrected chi connectivity index (χ4v) is 6.12. The van der Waals surface area contributed by atoms with Crippen LogP contribution in [0.4, 0.5) is 0 Å². The Kier molecular flexibility index (Phi) is 10.5. The van der Waals surface area contributed by atoms with Crippen LogP contribution in [0.25, 0.3) is 11.1 Å². The van der Waals surface area contributed by atoms with Crippen LogP contribution >= 0.6 is 0 Å². The molecule has 0 amide bonds. The zero-order chi connectivity index (χ0) is 27.1. The minimum absolute atomic E-state index is 0.177. The van der Waals surface area contributed by atoms with Gasteiger partial charge in [-0.2, -0.15) is 0 Å². The molecule has 2 aromatic rings. The van der Waals surface area contributed by atoms with Gasteiger partial charge in [0.15, 0.2) is 0 Å². The van der Waals surface area contributed by atoms with Gasteiger partial charge in [-0.05, 0) is 116 Å². The van der Waals surface area contributed by atoms with Crippen molar-refractivity contribution in [1.29, 1.82) is 0 Å². The summed E-state index contributed by atoms with van der Waals surface area (Å²) in [5.41, 5.74) is 9.61. The Balaban J connectivity index is 1.70. The molecular formula is C35H56N2. The first-order chi connectivity index (χ1) is 17.4. The third kappa shape index (κ3) is 8.69. The summed E-state index contributed by atoms with van der Waals surface area (Å²) in [7, 11) is 0. The topological polar surface area (TPSA) is 24.1 Å². The minimum atomic E-state index is 0.177. The van der Waals surface area contributed by atoms with E-state index in [0.29, 0.717) is 0 Å². The number of rotatable bonds is 14. The van der Waals surface area contributed by atoms with E-state index in [1.54, 1.807) is 11.1 Å². The number of hydrogen-bond acceptors (Lipinski definition) is 2. The zero-order valence-corrected chi connectivity index (χ0v) is 25.4. The summed E-state index contributed by atoms with van der Waals surface area (Å²) in [5.74, 6) is 0. The van der Waals surface area contributed by atoms with Crippen LogP contribution in [0.5, 0.6) is 0 Å². The van der Waals surface area contributed by atoms with Crippen LogP contribution in [-0.4, -0.2) is 24.2 Å². The van der Waals surface area contributed by atoms with E-state index in [4.69, 9.17) is 0 Å². The Hall–Kier alpha value is -1.64. The molecule has 0 atom stereocenters. The first kappa shape index (κ1) is 29.9.